The molecule has 0 bridgehead atoms. The van der Waals surface area contributed by atoms with Crippen molar-refractivity contribution in [3.05, 3.63) is 12.7 Å². The first-order chi connectivity index (χ1) is 10.5. The van der Waals surface area contributed by atoms with Crippen molar-refractivity contribution in [2.75, 3.05) is 5.73 Å². The summed E-state index contributed by atoms with van der Waals surface area (Å²) in [6.45, 7) is 1.73. The number of fused-ring (bicyclic) bond motifs is 1. The van der Waals surface area contributed by atoms with Crippen molar-refractivity contribution in [2.24, 2.45) is 0 Å². The molecular weight excluding hydrogens is 288 g/mol. The number of amides is 1. The summed E-state index contributed by atoms with van der Waals surface area (Å²) in [5.41, 5.74) is 6.69. The van der Waals surface area contributed by atoms with Gasteiger partial charge in [0.15, 0.2) is 11.5 Å². The fraction of sp³-hybridized carbons (Fsp3) is 0.538. The molecule has 118 valence electrons. The molecule has 0 saturated heterocycles. The van der Waals surface area contributed by atoms with Crippen molar-refractivity contribution in [3.8, 4) is 0 Å². The molecule has 0 radical (unpaired) electrons. The third-order valence-corrected chi connectivity index (χ3v) is 4.06. The Bertz CT molecular complexity index is 702. The summed E-state index contributed by atoms with van der Waals surface area (Å²) < 4.78 is 1.67. The zero-order valence-electron chi connectivity index (χ0n) is 12.0. The number of carbonyl (C=O) groups is 1. The lowest BCUT2D eigenvalue weighted by Crippen LogP contribution is -2.42. The van der Waals surface area contributed by atoms with E-state index < -0.39 is 24.3 Å². The van der Waals surface area contributed by atoms with E-state index in [0.717, 1.165) is 0 Å². The minimum Gasteiger partial charge on any atom is -0.388 e. The number of aliphatic hydroxyl groups is 2. The Morgan fingerprint density at radius 3 is 2.91 bits per heavy atom. The van der Waals surface area contributed by atoms with Crippen molar-refractivity contribution in [2.45, 2.75) is 44.1 Å². The van der Waals surface area contributed by atoms with Gasteiger partial charge in [-0.05, 0) is 6.42 Å². The maximum absolute atomic E-state index is 11.5. The zero-order valence-corrected chi connectivity index (χ0v) is 12.0. The highest BCUT2D eigenvalue weighted by atomic mass is 16.3. The number of anilines is 1. The monoisotopic (exact) mass is 306 g/mol. The second kappa shape index (κ2) is 5.50. The quantitative estimate of drug-likeness (QED) is 0.568. The first kappa shape index (κ1) is 14.7. The van der Waals surface area contributed by atoms with Crippen LogP contribution in [0.15, 0.2) is 12.7 Å². The molecule has 9 nitrogen and oxygen atoms in total. The van der Waals surface area contributed by atoms with Gasteiger partial charge in [0.25, 0.3) is 0 Å². The molecule has 2 heterocycles. The third-order valence-electron chi connectivity index (χ3n) is 4.06. The summed E-state index contributed by atoms with van der Waals surface area (Å²) in [6, 6.07) is -0.958. The van der Waals surface area contributed by atoms with Crippen LogP contribution in [0, 0.1) is 0 Å². The topological polar surface area (TPSA) is 139 Å². The smallest absolute Gasteiger partial charge is 0.220 e. The Hall–Kier alpha value is -2.26. The summed E-state index contributed by atoms with van der Waals surface area (Å²) in [4.78, 5) is 23.7. The Morgan fingerprint density at radius 2 is 2.18 bits per heavy atom. The van der Waals surface area contributed by atoms with Gasteiger partial charge in [-0.25, -0.2) is 15.0 Å². The van der Waals surface area contributed by atoms with E-state index in [9.17, 15) is 15.0 Å². The predicted molar refractivity (Wildman–Crippen MR) is 77.6 cm³/mol. The highest BCUT2D eigenvalue weighted by Gasteiger charge is 2.43. The molecule has 1 fully saturated rings. The Morgan fingerprint density at radius 1 is 1.41 bits per heavy atom. The first-order valence-electron chi connectivity index (χ1n) is 7.11. The maximum Gasteiger partial charge on any atom is 0.220 e. The second-order valence-corrected chi connectivity index (χ2v) is 5.39. The van der Waals surface area contributed by atoms with E-state index in [1.54, 1.807) is 11.5 Å². The molecule has 5 N–H and O–H groups in total. The van der Waals surface area contributed by atoms with Gasteiger partial charge in [-0.1, -0.05) is 6.92 Å². The number of rotatable bonds is 3. The lowest BCUT2D eigenvalue weighted by Gasteiger charge is -2.18. The number of aliphatic hydroxyl groups excluding tert-OH is 2. The van der Waals surface area contributed by atoms with Crippen molar-refractivity contribution < 1.29 is 15.0 Å². The predicted octanol–water partition coefficient (Wildman–Crippen LogP) is -1.03. The molecule has 22 heavy (non-hydrogen) atoms. The molecule has 0 aromatic carbocycles. The van der Waals surface area contributed by atoms with Crippen LogP contribution in [0.4, 0.5) is 5.82 Å². The standard InChI is InChI=1S/C13H18N6O3/c1-2-8(20)18-6-3-7(11(22)10(6)21)19-5-17-9-12(14)15-4-16-13(9)19/h4-7,10-11,21-22H,2-3H2,1H3,(H,18,20)(H2,14,15,16)/t6-,7+,10+,11-/m0/s1. The van der Waals surface area contributed by atoms with Crippen LogP contribution in [0.25, 0.3) is 11.2 Å². The summed E-state index contributed by atoms with van der Waals surface area (Å²) in [5.74, 6) is 0.0894. The van der Waals surface area contributed by atoms with Gasteiger partial charge in [0.1, 0.15) is 24.1 Å². The molecule has 1 saturated carbocycles. The molecule has 1 amide bonds. The molecular formula is C13H18N6O3. The van der Waals surface area contributed by atoms with Crippen molar-refractivity contribution >= 4 is 22.9 Å². The molecule has 1 aliphatic carbocycles. The van der Waals surface area contributed by atoms with Crippen LogP contribution in [0.1, 0.15) is 25.8 Å². The lowest BCUT2D eigenvalue weighted by atomic mass is 10.2. The summed E-state index contributed by atoms with van der Waals surface area (Å²) in [5, 5.41) is 23.2. The first-order valence-corrected chi connectivity index (χ1v) is 7.11. The third kappa shape index (κ3) is 2.28. The van der Waals surface area contributed by atoms with Gasteiger partial charge in [-0.3, -0.25) is 4.79 Å². The Balaban J connectivity index is 1.91. The fourth-order valence-corrected chi connectivity index (χ4v) is 2.85. The highest BCUT2D eigenvalue weighted by molar-refractivity contribution is 5.81. The molecule has 0 unspecified atom stereocenters. The average Bonchev–Trinajstić information content (AvgIpc) is 3.05. The number of nitrogen functional groups attached to an aromatic ring is 1. The van der Waals surface area contributed by atoms with E-state index in [1.165, 1.54) is 12.7 Å². The normalized spacial score (nSPS) is 28.1. The van der Waals surface area contributed by atoms with Gasteiger partial charge < -0.3 is 25.8 Å². The lowest BCUT2D eigenvalue weighted by molar-refractivity contribution is -0.122. The van der Waals surface area contributed by atoms with Gasteiger partial charge in [-0.15, -0.1) is 0 Å². The average molecular weight is 306 g/mol. The molecule has 2 aromatic heterocycles. The molecule has 0 spiro atoms. The van der Waals surface area contributed by atoms with Crippen molar-refractivity contribution in [1.29, 1.82) is 0 Å². The van der Waals surface area contributed by atoms with E-state index in [0.29, 0.717) is 24.0 Å². The minimum atomic E-state index is -1.04. The van der Waals surface area contributed by atoms with Crippen LogP contribution >= 0.6 is 0 Å². The number of nitrogens with two attached hydrogens (primary N) is 1. The molecule has 3 rings (SSSR count). The number of aromatic nitrogens is 4. The van der Waals surface area contributed by atoms with Gasteiger partial charge in [0.2, 0.25) is 5.91 Å². The zero-order chi connectivity index (χ0) is 15.9. The number of imidazole rings is 1. The summed E-state index contributed by atoms with van der Waals surface area (Å²) in [6.07, 6.45) is 1.46. The summed E-state index contributed by atoms with van der Waals surface area (Å²) >= 11 is 0. The molecule has 1 aliphatic rings. The van der Waals surface area contributed by atoms with E-state index >= 15 is 0 Å². The number of nitrogens with one attached hydrogen (secondary N) is 1. The summed E-state index contributed by atoms with van der Waals surface area (Å²) in [7, 11) is 0. The highest BCUT2D eigenvalue weighted by Crippen LogP contribution is 2.33. The second-order valence-electron chi connectivity index (χ2n) is 5.39. The van der Waals surface area contributed by atoms with Gasteiger partial charge in [0, 0.05) is 6.42 Å². The van der Waals surface area contributed by atoms with Crippen LogP contribution in [0.3, 0.4) is 0 Å². The van der Waals surface area contributed by atoms with Crippen LogP contribution in [-0.2, 0) is 4.79 Å². The molecule has 4 atom stereocenters. The molecule has 9 heteroatoms. The SMILES string of the molecule is CCC(=O)N[C@H]1C[C@@H](n2cnc3c(N)ncnc32)[C@H](O)[C@@H]1O. The van der Waals surface area contributed by atoms with E-state index in [-0.39, 0.29) is 11.7 Å². The fourth-order valence-electron chi connectivity index (χ4n) is 2.85. The molecule has 0 aliphatic heterocycles. The Labute approximate surface area is 126 Å². The number of carbonyl (C=O) groups excluding carboxylic acids is 1. The number of hydrogen-bond donors (Lipinski definition) is 4. The minimum absolute atomic E-state index is 0.168. The van der Waals surface area contributed by atoms with Gasteiger partial charge in [-0.2, -0.15) is 0 Å². The van der Waals surface area contributed by atoms with Gasteiger partial charge in [0.05, 0.1) is 18.4 Å². The van der Waals surface area contributed by atoms with E-state index in [4.69, 9.17) is 5.73 Å². The van der Waals surface area contributed by atoms with E-state index in [1.807, 2.05) is 0 Å². The largest absolute Gasteiger partial charge is 0.388 e. The van der Waals surface area contributed by atoms with Crippen LogP contribution in [0.2, 0.25) is 0 Å². The van der Waals surface area contributed by atoms with Crippen molar-refractivity contribution in [1.82, 2.24) is 24.8 Å². The molecule has 2 aromatic rings. The number of nitrogens with zero attached hydrogens (tertiary/aromatic N) is 4. The van der Waals surface area contributed by atoms with Gasteiger partial charge >= 0.3 is 0 Å². The Kier molecular flexibility index (Phi) is 3.67. The van der Waals surface area contributed by atoms with Crippen LogP contribution in [0.5, 0.6) is 0 Å². The van der Waals surface area contributed by atoms with E-state index in [2.05, 4.69) is 20.3 Å². The van der Waals surface area contributed by atoms with Crippen molar-refractivity contribution in [3.63, 3.8) is 0 Å². The number of hydrogen-bond acceptors (Lipinski definition) is 7. The van der Waals surface area contributed by atoms with Crippen LogP contribution in [-0.4, -0.2) is 53.9 Å². The van der Waals surface area contributed by atoms with Crippen LogP contribution < -0.4 is 11.1 Å². The maximum atomic E-state index is 11.5.